The van der Waals surface area contributed by atoms with Crippen molar-refractivity contribution in [2.45, 2.75) is 78.3 Å². The molecule has 2 heterocycles. The molecule has 2 aliphatic heterocycles. The van der Waals surface area contributed by atoms with Crippen LogP contribution in [0.1, 0.15) is 76.8 Å². The van der Waals surface area contributed by atoms with Gasteiger partial charge < -0.3 is 24.9 Å². The van der Waals surface area contributed by atoms with Crippen molar-refractivity contribution in [3.05, 3.63) is 53.6 Å². The maximum absolute atomic E-state index is 12.0. The third-order valence-corrected chi connectivity index (χ3v) is 7.75. The maximum atomic E-state index is 12.0. The van der Waals surface area contributed by atoms with Gasteiger partial charge in [-0.1, -0.05) is 65.2 Å². The van der Waals surface area contributed by atoms with E-state index in [-0.39, 0.29) is 29.9 Å². The highest BCUT2D eigenvalue weighted by molar-refractivity contribution is 6.64. The first kappa shape index (κ1) is 33.6. The summed E-state index contributed by atoms with van der Waals surface area (Å²) in [5, 5.41) is -0.345. The first-order valence-corrected chi connectivity index (χ1v) is 15.0. The molecule has 222 valence electrons. The van der Waals surface area contributed by atoms with Gasteiger partial charge in [-0.25, -0.2) is 0 Å². The Kier molecular flexibility index (Phi) is 15.1. The average molecular weight is 574 g/mol. The molecular weight excluding hydrogens is 526 g/mol. The number of halogens is 1. The van der Waals surface area contributed by atoms with Crippen molar-refractivity contribution in [2.24, 2.45) is 11.7 Å². The van der Waals surface area contributed by atoms with Crippen molar-refractivity contribution < 1.29 is 19.1 Å². The molecule has 0 aromatic heterocycles. The van der Waals surface area contributed by atoms with Gasteiger partial charge in [0, 0.05) is 44.3 Å². The third-order valence-electron chi connectivity index (χ3n) is 7.50. The number of anilines is 1. The number of likely N-dealkylation sites (tertiary alicyclic amines) is 1. The number of benzene rings is 2. The van der Waals surface area contributed by atoms with Crippen LogP contribution in [0.4, 0.5) is 5.69 Å². The van der Waals surface area contributed by atoms with Crippen molar-refractivity contribution in [1.82, 2.24) is 4.90 Å². The molecule has 2 aliphatic rings. The molecule has 2 aromatic rings. The summed E-state index contributed by atoms with van der Waals surface area (Å²) in [5.41, 5.74) is 9.06. The highest BCUT2D eigenvalue weighted by Crippen LogP contribution is 2.43. The molecule has 0 amide bonds. The molecule has 8 heteroatoms. The molecule has 0 saturated carbocycles. The van der Waals surface area contributed by atoms with Crippen LogP contribution >= 0.6 is 11.6 Å². The van der Waals surface area contributed by atoms with E-state index in [0.717, 1.165) is 24.8 Å². The lowest BCUT2D eigenvalue weighted by atomic mass is 9.85. The molecule has 0 spiro atoms. The number of carbonyl (C=O) groups is 2. The SMILES string of the molecule is CCC1[C@H](C(=O)Cl)C(c2ccc3c(c2)OCO3)CN1CC=O.CCCC.CCCCN(C)c1cccc(CN)c1. The predicted molar refractivity (Wildman–Crippen MR) is 164 cm³/mol. The zero-order chi connectivity index (χ0) is 29.5. The number of nitrogens with two attached hydrogens (primary N) is 1. The Hall–Kier alpha value is -2.61. The topological polar surface area (TPSA) is 85.1 Å². The molecule has 2 aromatic carbocycles. The number of carbonyl (C=O) groups excluding carboxylic acids is 2. The van der Waals surface area contributed by atoms with Gasteiger partial charge in [0.05, 0.1) is 12.5 Å². The van der Waals surface area contributed by atoms with Crippen LogP contribution in [0.2, 0.25) is 0 Å². The quantitative estimate of drug-likeness (QED) is 0.247. The van der Waals surface area contributed by atoms with Crippen molar-refractivity contribution in [3.8, 4) is 11.5 Å². The van der Waals surface area contributed by atoms with Crippen LogP contribution in [0.15, 0.2) is 42.5 Å². The Morgan fingerprint density at radius 2 is 1.80 bits per heavy atom. The van der Waals surface area contributed by atoms with Gasteiger partial charge >= 0.3 is 0 Å². The zero-order valence-electron chi connectivity index (χ0n) is 24.9. The fraction of sp³-hybridized carbons (Fsp3) is 0.562. The largest absolute Gasteiger partial charge is 0.454 e. The smallest absolute Gasteiger partial charge is 0.231 e. The molecule has 3 atom stereocenters. The lowest BCUT2D eigenvalue weighted by Gasteiger charge is -2.23. The minimum Gasteiger partial charge on any atom is -0.454 e. The molecule has 1 fully saturated rings. The molecule has 2 unspecified atom stereocenters. The summed E-state index contributed by atoms with van der Waals surface area (Å²) in [5.74, 6) is 1.06. The Morgan fingerprint density at radius 1 is 1.07 bits per heavy atom. The van der Waals surface area contributed by atoms with E-state index in [0.29, 0.717) is 31.1 Å². The van der Waals surface area contributed by atoms with Gasteiger partial charge in [-0.15, -0.1) is 0 Å². The van der Waals surface area contributed by atoms with Gasteiger partial charge in [0.1, 0.15) is 6.29 Å². The summed E-state index contributed by atoms with van der Waals surface area (Å²) < 4.78 is 10.7. The van der Waals surface area contributed by atoms with Gasteiger partial charge in [0.25, 0.3) is 0 Å². The van der Waals surface area contributed by atoms with Crippen molar-refractivity contribution in [3.63, 3.8) is 0 Å². The molecule has 0 aliphatic carbocycles. The summed E-state index contributed by atoms with van der Waals surface area (Å²) in [6, 6.07) is 14.1. The fourth-order valence-corrected chi connectivity index (χ4v) is 5.32. The van der Waals surface area contributed by atoms with Gasteiger partial charge in [-0.3, -0.25) is 9.69 Å². The minimum atomic E-state index is -0.345. The Balaban J connectivity index is 0.000000267. The summed E-state index contributed by atoms with van der Waals surface area (Å²) in [6.45, 7) is 11.5. The van der Waals surface area contributed by atoms with Crippen LogP contribution in [0.5, 0.6) is 11.5 Å². The first-order chi connectivity index (χ1) is 19.3. The Morgan fingerprint density at radius 3 is 2.40 bits per heavy atom. The molecule has 7 nitrogen and oxygen atoms in total. The van der Waals surface area contributed by atoms with Crippen LogP contribution in [-0.4, -0.2) is 55.9 Å². The van der Waals surface area contributed by atoms with Gasteiger partial charge in [-0.05, 0) is 59.8 Å². The second-order valence-corrected chi connectivity index (χ2v) is 10.7. The number of ether oxygens (including phenoxy) is 2. The number of hydrogen-bond acceptors (Lipinski definition) is 7. The van der Waals surface area contributed by atoms with Gasteiger partial charge in [0.2, 0.25) is 12.0 Å². The molecular formula is C32H48ClN3O4. The van der Waals surface area contributed by atoms with E-state index in [2.05, 4.69) is 57.0 Å². The molecule has 40 heavy (non-hydrogen) atoms. The number of aldehydes is 1. The summed E-state index contributed by atoms with van der Waals surface area (Å²) in [4.78, 5) is 27.2. The highest BCUT2D eigenvalue weighted by atomic mass is 35.5. The van der Waals surface area contributed by atoms with E-state index in [1.807, 2.05) is 30.0 Å². The second kappa shape index (κ2) is 17.9. The summed E-state index contributed by atoms with van der Waals surface area (Å²) >= 11 is 5.88. The average Bonchev–Trinajstić information content (AvgIpc) is 3.60. The van der Waals surface area contributed by atoms with Crippen molar-refractivity contribution in [1.29, 1.82) is 0 Å². The van der Waals surface area contributed by atoms with Crippen LogP contribution in [0.3, 0.4) is 0 Å². The Labute approximate surface area is 246 Å². The van der Waals surface area contributed by atoms with E-state index in [4.69, 9.17) is 26.8 Å². The second-order valence-electron chi connectivity index (χ2n) is 10.3. The van der Waals surface area contributed by atoms with E-state index in [9.17, 15) is 9.59 Å². The van der Waals surface area contributed by atoms with Crippen LogP contribution in [0.25, 0.3) is 0 Å². The molecule has 4 rings (SSSR count). The van der Waals surface area contributed by atoms with E-state index < -0.39 is 0 Å². The molecule has 1 saturated heterocycles. The van der Waals surface area contributed by atoms with E-state index >= 15 is 0 Å². The van der Waals surface area contributed by atoms with Gasteiger partial charge in [0.15, 0.2) is 11.5 Å². The van der Waals surface area contributed by atoms with Crippen molar-refractivity contribution in [2.75, 3.05) is 38.4 Å². The number of nitrogens with zero attached hydrogens (tertiary/aromatic N) is 2. The van der Waals surface area contributed by atoms with E-state index in [1.54, 1.807) is 0 Å². The number of rotatable bonds is 11. The third kappa shape index (κ3) is 9.50. The predicted octanol–water partition coefficient (Wildman–Crippen LogP) is 6.36. The lowest BCUT2D eigenvalue weighted by Crippen LogP contribution is -2.35. The summed E-state index contributed by atoms with van der Waals surface area (Å²) in [6.07, 6.45) is 6.77. The minimum absolute atomic E-state index is 0.00868. The highest BCUT2D eigenvalue weighted by Gasteiger charge is 2.44. The zero-order valence-corrected chi connectivity index (χ0v) is 25.7. The molecule has 2 N–H and O–H groups in total. The van der Waals surface area contributed by atoms with Gasteiger partial charge in [-0.2, -0.15) is 0 Å². The maximum Gasteiger partial charge on any atom is 0.231 e. The Bertz CT molecular complexity index is 1050. The number of unbranched alkanes of at least 4 members (excludes halogenated alkanes) is 2. The van der Waals surface area contributed by atoms with E-state index in [1.165, 1.54) is 36.9 Å². The standard InChI is InChI=1S/C16H18ClNO4.C12H20N2.C4H10/c1-2-12-15(16(17)20)11(8-18(12)5-6-19)10-3-4-13-14(7-10)22-9-21-13;1-3-4-8-14(2)12-7-5-6-11(9-12)10-13;1-3-4-2/h3-4,6-7,11-12,15H,2,5,8-9H2,1H3;5-7,9H,3-4,8,10,13H2,1-2H3;3-4H2,1-2H3/t11?,12?,15-;;/m1../s1. The monoisotopic (exact) mass is 573 g/mol. The molecule has 0 bridgehead atoms. The summed E-state index contributed by atoms with van der Waals surface area (Å²) in [7, 11) is 2.13. The first-order valence-electron chi connectivity index (χ1n) is 14.6. The number of fused-ring (bicyclic) bond motifs is 1. The van der Waals surface area contributed by atoms with Crippen LogP contribution in [0, 0.1) is 5.92 Å². The van der Waals surface area contributed by atoms with Crippen LogP contribution < -0.4 is 20.1 Å². The van der Waals surface area contributed by atoms with Crippen LogP contribution in [-0.2, 0) is 16.1 Å². The normalized spacial score (nSPS) is 19.2. The lowest BCUT2D eigenvalue weighted by molar-refractivity contribution is -0.116. The molecule has 0 radical (unpaired) electrons. The fourth-order valence-electron chi connectivity index (χ4n) is 5.03. The number of hydrogen-bond donors (Lipinski definition) is 1. The van der Waals surface area contributed by atoms with Crippen molar-refractivity contribution >= 4 is 28.8 Å².